The normalized spacial score (nSPS) is 12.8. The molecule has 4 aromatic rings. The van der Waals surface area contributed by atoms with E-state index in [1.54, 1.807) is 35.9 Å². The van der Waals surface area contributed by atoms with Crippen molar-refractivity contribution in [1.29, 1.82) is 0 Å². The van der Waals surface area contributed by atoms with Crippen molar-refractivity contribution >= 4 is 32.8 Å². The van der Waals surface area contributed by atoms with Crippen LogP contribution >= 0.6 is 22.9 Å². The van der Waals surface area contributed by atoms with Crippen LogP contribution in [-0.4, -0.2) is 29.6 Å². The molecule has 0 aliphatic heterocycles. The quantitative estimate of drug-likeness (QED) is 0.436. The van der Waals surface area contributed by atoms with Crippen molar-refractivity contribution < 1.29 is 13.5 Å². The van der Waals surface area contributed by atoms with Crippen LogP contribution in [-0.2, 0) is 9.84 Å². The molecule has 154 valence electrons. The van der Waals surface area contributed by atoms with Crippen LogP contribution in [0.4, 0.5) is 0 Å². The second-order valence-electron chi connectivity index (χ2n) is 6.96. The lowest BCUT2D eigenvalue weighted by Crippen LogP contribution is -2.01. The van der Waals surface area contributed by atoms with Gasteiger partial charge in [-0.1, -0.05) is 35.9 Å². The summed E-state index contributed by atoms with van der Waals surface area (Å²) in [6, 6.07) is 20.0. The summed E-state index contributed by atoms with van der Waals surface area (Å²) in [5.41, 5.74) is 2.89. The molecule has 0 aliphatic carbocycles. The molecule has 0 amide bonds. The van der Waals surface area contributed by atoms with Gasteiger partial charge in [0.25, 0.3) is 0 Å². The van der Waals surface area contributed by atoms with Crippen molar-refractivity contribution in [3.63, 3.8) is 0 Å². The van der Waals surface area contributed by atoms with E-state index in [1.165, 1.54) is 17.6 Å². The molecule has 1 unspecified atom stereocenters. The fourth-order valence-corrected chi connectivity index (χ4v) is 4.98. The minimum Gasteiger partial charge on any atom is -0.387 e. The van der Waals surface area contributed by atoms with Crippen LogP contribution in [0.3, 0.4) is 0 Å². The first-order valence-electron chi connectivity index (χ1n) is 9.17. The second kappa shape index (κ2) is 8.00. The number of sulfone groups is 1. The highest BCUT2D eigenvalue weighted by Gasteiger charge is 2.18. The molecule has 4 rings (SSSR count). The largest absolute Gasteiger partial charge is 0.387 e. The van der Waals surface area contributed by atoms with Gasteiger partial charge in [0.1, 0.15) is 0 Å². The third-order valence-corrected chi connectivity index (χ3v) is 7.23. The molecule has 0 saturated heterocycles. The zero-order valence-corrected chi connectivity index (χ0v) is 18.7. The molecule has 2 aromatic carbocycles. The zero-order valence-electron chi connectivity index (χ0n) is 16.3. The van der Waals surface area contributed by atoms with E-state index in [0.717, 1.165) is 26.7 Å². The molecule has 0 spiro atoms. The first-order valence-corrected chi connectivity index (χ1v) is 12.3. The monoisotopic (exact) mass is 458 g/mol. The van der Waals surface area contributed by atoms with E-state index in [-0.39, 0.29) is 4.90 Å². The van der Waals surface area contributed by atoms with Crippen molar-refractivity contribution in [1.82, 2.24) is 9.78 Å². The summed E-state index contributed by atoms with van der Waals surface area (Å²) < 4.78 is 25.5. The van der Waals surface area contributed by atoms with Crippen LogP contribution in [0.1, 0.15) is 18.7 Å². The smallest absolute Gasteiger partial charge is 0.175 e. The lowest BCUT2D eigenvalue weighted by molar-refractivity contribution is 0.193. The highest BCUT2D eigenvalue weighted by Crippen LogP contribution is 2.37. The summed E-state index contributed by atoms with van der Waals surface area (Å²) in [4.78, 5) is 2.14. The number of hydrogen-bond donors (Lipinski definition) is 1. The number of hydrogen-bond acceptors (Lipinski definition) is 5. The van der Waals surface area contributed by atoms with Crippen LogP contribution in [0.5, 0.6) is 0 Å². The van der Waals surface area contributed by atoms with E-state index in [1.807, 2.05) is 42.5 Å². The van der Waals surface area contributed by atoms with Crippen molar-refractivity contribution in [3.05, 3.63) is 77.4 Å². The molecule has 1 atom stereocenters. The Bertz CT molecular complexity index is 1320. The van der Waals surface area contributed by atoms with E-state index in [9.17, 15) is 13.5 Å². The van der Waals surface area contributed by atoms with E-state index in [2.05, 4.69) is 5.10 Å². The summed E-state index contributed by atoms with van der Waals surface area (Å²) in [6.45, 7) is 1.67. The third kappa shape index (κ3) is 4.06. The van der Waals surface area contributed by atoms with Crippen LogP contribution in [0.15, 0.2) is 71.6 Å². The van der Waals surface area contributed by atoms with Gasteiger partial charge in [0.15, 0.2) is 9.84 Å². The maximum absolute atomic E-state index is 11.9. The lowest BCUT2D eigenvalue weighted by Gasteiger charge is -2.08. The first-order chi connectivity index (χ1) is 14.2. The lowest BCUT2D eigenvalue weighted by atomic mass is 10.2. The Labute approximate surface area is 184 Å². The summed E-state index contributed by atoms with van der Waals surface area (Å²) in [5.74, 6) is 0. The van der Waals surface area contributed by atoms with Gasteiger partial charge < -0.3 is 5.11 Å². The number of aliphatic hydroxyl groups is 1. The summed E-state index contributed by atoms with van der Waals surface area (Å²) in [6.07, 6.45) is 0.476. The summed E-state index contributed by atoms with van der Waals surface area (Å²) in [7, 11) is -3.28. The first kappa shape index (κ1) is 20.8. The number of thiophene rings is 1. The van der Waals surface area contributed by atoms with Gasteiger partial charge >= 0.3 is 0 Å². The molecule has 1 N–H and O–H groups in total. The predicted octanol–water partition coefficient (Wildman–Crippen LogP) is 5.38. The topological polar surface area (TPSA) is 72.2 Å². The van der Waals surface area contributed by atoms with Crippen LogP contribution in [0.2, 0.25) is 5.02 Å². The fourth-order valence-electron chi connectivity index (χ4n) is 3.10. The number of benzene rings is 2. The number of rotatable bonds is 5. The predicted molar refractivity (Wildman–Crippen MR) is 121 cm³/mol. The van der Waals surface area contributed by atoms with E-state index >= 15 is 0 Å². The highest BCUT2D eigenvalue weighted by molar-refractivity contribution is 7.90. The van der Waals surface area contributed by atoms with E-state index < -0.39 is 15.9 Å². The van der Waals surface area contributed by atoms with Gasteiger partial charge in [0, 0.05) is 11.1 Å². The molecule has 0 saturated carbocycles. The van der Waals surface area contributed by atoms with Gasteiger partial charge in [0.05, 0.1) is 38.0 Å². The molecule has 8 heteroatoms. The van der Waals surface area contributed by atoms with Crippen LogP contribution in [0, 0.1) is 0 Å². The maximum Gasteiger partial charge on any atom is 0.175 e. The second-order valence-corrected chi connectivity index (χ2v) is 10.5. The Morgan fingerprint density at radius 1 is 1.03 bits per heavy atom. The maximum atomic E-state index is 11.9. The minimum absolute atomic E-state index is 0.285. The molecule has 2 aromatic heterocycles. The standard InChI is InChI=1S/C22H19ClN2O3S2/c1-14(26)18-13-20(25(24-18)19-9-4-3-8-17(19)23)22-11-10-21(29-22)15-6-5-7-16(12-15)30(2,27)28/h3-14,26H,1-2H3. The number of halogens is 1. The Kier molecular flexibility index (Phi) is 5.55. The van der Waals surface area contributed by atoms with E-state index in [0.29, 0.717) is 10.7 Å². The molecule has 5 nitrogen and oxygen atoms in total. The van der Waals surface area contributed by atoms with Crippen molar-refractivity contribution in [2.75, 3.05) is 6.26 Å². The van der Waals surface area contributed by atoms with Crippen molar-refractivity contribution in [2.24, 2.45) is 0 Å². The average Bonchev–Trinajstić information content (AvgIpc) is 3.35. The van der Waals surface area contributed by atoms with Gasteiger partial charge in [-0.3, -0.25) is 0 Å². The molecular formula is C22H19ClN2O3S2. The number of nitrogens with zero attached hydrogens (tertiary/aromatic N) is 2. The molecule has 0 radical (unpaired) electrons. The van der Waals surface area contributed by atoms with Crippen molar-refractivity contribution in [3.8, 4) is 26.7 Å². The SMILES string of the molecule is CC(O)c1cc(-c2ccc(-c3cccc(S(C)(=O)=O)c3)s2)n(-c2ccccc2Cl)n1. The number of para-hydroxylation sites is 1. The Morgan fingerprint density at radius 3 is 2.47 bits per heavy atom. The van der Waals surface area contributed by atoms with Crippen LogP contribution in [0.25, 0.3) is 26.7 Å². The third-order valence-electron chi connectivity index (χ3n) is 4.64. The van der Waals surface area contributed by atoms with Gasteiger partial charge in [-0.25, -0.2) is 13.1 Å². The van der Waals surface area contributed by atoms with Crippen molar-refractivity contribution in [2.45, 2.75) is 17.9 Å². The number of aromatic nitrogens is 2. The van der Waals surface area contributed by atoms with Gasteiger partial charge in [0.2, 0.25) is 0 Å². The molecule has 0 bridgehead atoms. The van der Waals surface area contributed by atoms with E-state index in [4.69, 9.17) is 11.6 Å². The summed E-state index contributed by atoms with van der Waals surface area (Å²) in [5, 5.41) is 15.2. The van der Waals surface area contributed by atoms with Gasteiger partial charge in [-0.2, -0.15) is 5.10 Å². The molecule has 30 heavy (non-hydrogen) atoms. The fraction of sp³-hybridized carbons (Fsp3) is 0.136. The average molecular weight is 459 g/mol. The van der Waals surface area contributed by atoms with Crippen LogP contribution < -0.4 is 0 Å². The Morgan fingerprint density at radius 2 is 1.77 bits per heavy atom. The van der Waals surface area contributed by atoms with Gasteiger partial charge in [-0.15, -0.1) is 11.3 Å². The molecular weight excluding hydrogens is 440 g/mol. The van der Waals surface area contributed by atoms with Gasteiger partial charge in [-0.05, 0) is 55.0 Å². The number of aliphatic hydroxyl groups excluding tert-OH is 1. The zero-order chi connectivity index (χ0) is 21.5. The minimum atomic E-state index is -3.28. The highest BCUT2D eigenvalue weighted by atomic mass is 35.5. The Balaban J connectivity index is 1.82. The molecule has 0 fully saturated rings. The Hall–Kier alpha value is -2.45. The summed E-state index contributed by atoms with van der Waals surface area (Å²) >= 11 is 7.91. The molecule has 0 aliphatic rings. The molecule has 2 heterocycles.